The van der Waals surface area contributed by atoms with Gasteiger partial charge in [0, 0.05) is 24.8 Å². The van der Waals surface area contributed by atoms with Gasteiger partial charge in [-0.2, -0.15) is 5.10 Å². The van der Waals surface area contributed by atoms with Crippen molar-refractivity contribution in [2.75, 3.05) is 6.54 Å². The average Bonchev–Trinajstić information content (AvgIpc) is 2.91. The third kappa shape index (κ3) is 3.47. The summed E-state index contributed by atoms with van der Waals surface area (Å²) in [6, 6.07) is 2.49. The van der Waals surface area contributed by atoms with E-state index in [1.807, 2.05) is 31.8 Å². The summed E-state index contributed by atoms with van der Waals surface area (Å²) in [6.07, 6.45) is 6.10. The standard InChI is InChI=1S/C15H23N3O/c1-5-16-15(14-8-11(2)19-12(14)3)7-6-13-9-17-18(4)10-13/h8-10,15-16H,5-7H2,1-4H3. The van der Waals surface area contributed by atoms with Crippen LogP contribution in [0.15, 0.2) is 22.9 Å². The Kier molecular flexibility index (Phi) is 4.43. The van der Waals surface area contributed by atoms with Crippen molar-refractivity contribution in [3.05, 3.63) is 41.1 Å². The van der Waals surface area contributed by atoms with E-state index in [4.69, 9.17) is 4.42 Å². The Balaban J connectivity index is 2.05. The van der Waals surface area contributed by atoms with Gasteiger partial charge in [-0.3, -0.25) is 4.68 Å². The van der Waals surface area contributed by atoms with Crippen molar-refractivity contribution in [3.8, 4) is 0 Å². The quantitative estimate of drug-likeness (QED) is 0.869. The van der Waals surface area contributed by atoms with E-state index in [9.17, 15) is 0 Å². The Morgan fingerprint density at radius 3 is 2.74 bits per heavy atom. The van der Waals surface area contributed by atoms with Crippen LogP contribution in [-0.2, 0) is 13.5 Å². The number of nitrogens with one attached hydrogen (secondary N) is 1. The predicted octanol–water partition coefficient (Wildman–Crippen LogP) is 2.91. The van der Waals surface area contributed by atoms with Gasteiger partial charge in [0.2, 0.25) is 0 Å². The van der Waals surface area contributed by atoms with Crippen LogP contribution < -0.4 is 5.32 Å². The van der Waals surface area contributed by atoms with Crippen LogP contribution in [-0.4, -0.2) is 16.3 Å². The second kappa shape index (κ2) is 6.06. The third-order valence-electron chi connectivity index (χ3n) is 3.39. The molecule has 0 spiro atoms. The SMILES string of the molecule is CCNC(CCc1cnn(C)c1)c1cc(C)oc1C. The minimum atomic E-state index is 0.350. The van der Waals surface area contributed by atoms with E-state index in [2.05, 4.69) is 29.6 Å². The zero-order valence-corrected chi connectivity index (χ0v) is 12.2. The molecule has 0 amide bonds. The molecule has 104 valence electrons. The molecule has 1 unspecified atom stereocenters. The molecule has 0 radical (unpaired) electrons. The summed E-state index contributed by atoms with van der Waals surface area (Å²) in [4.78, 5) is 0. The van der Waals surface area contributed by atoms with Crippen molar-refractivity contribution in [1.29, 1.82) is 0 Å². The van der Waals surface area contributed by atoms with Crippen LogP contribution in [0.3, 0.4) is 0 Å². The smallest absolute Gasteiger partial charge is 0.105 e. The van der Waals surface area contributed by atoms with E-state index < -0.39 is 0 Å². The lowest BCUT2D eigenvalue weighted by Crippen LogP contribution is -2.21. The topological polar surface area (TPSA) is 43.0 Å². The molecule has 2 aromatic heterocycles. The molecule has 4 heteroatoms. The first-order valence-corrected chi connectivity index (χ1v) is 6.88. The first kappa shape index (κ1) is 13.9. The van der Waals surface area contributed by atoms with Crippen LogP contribution in [0.25, 0.3) is 0 Å². The van der Waals surface area contributed by atoms with Gasteiger partial charge in [-0.05, 0) is 44.9 Å². The Bertz CT molecular complexity index is 527. The molecule has 0 aromatic carbocycles. The zero-order valence-electron chi connectivity index (χ0n) is 12.2. The first-order chi connectivity index (χ1) is 9.10. The molecule has 0 saturated carbocycles. The molecule has 2 heterocycles. The Morgan fingerprint density at radius 1 is 1.42 bits per heavy atom. The molecule has 1 N–H and O–H groups in total. The van der Waals surface area contributed by atoms with Gasteiger partial charge in [0.1, 0.15) is 11.5 Å². The lowest BCUT2D eigenvalue weighted by molar-refractivity contribution is 0.474. The maximum atomic E-state index is 5.64. The molecule has 2 rings (SSSR count). The van der Waals surface area contributed by atoms with E-state index in [0.717, 1.165) is 30.9 Å². The zero-order chi connectivity index (χ0) is 13.8. The summed E-state index contributed by atoms with van der Waals surface area (Å²) in [5, 5.41) is 7.76. The van der Waals surface area contributed by atoms with Crippen LogP contribution in [0, 0.1) is 13.8 Å². The van der Waals surface area contributed by atoms with E-state index in [-0.39, 0.29) is 0 Å². The van der Waals surface area contributed by atoms with Gasteiger partial charge in [-0.25, -0.2) is 0 Å². The van der Waals surface area contributed by atoms with E-state index in [0.29, 0.717) is 6.04 Å². The van der Waals surface area contributed by atoms with Crippen LogP contribution >= 0.6 is 0 Å². The number of aryl methyl sites for hydroxylation is 4. The van der Waals surface area contributed by atoms with Crippen LogP contribution in [0.4, 0.5) is 0 Å². The normalized spacial score (nSPS) is 12.8. The minimum Gasteiger partial charge on any atom is -0.466 e. The fourth-order valence-electron chi connectivity index (χ4n) is 2.52. The average molecular weight is 261 g/mol. The molecule has 0 aliphatic carbocycles. The number of hydrogen-bond donors (Lipinski definition) is 1. The summed E-state index contributed by atoms with van der Waals surface area (Å²) in [6.45, 7) is 7.14. The van der Waals surface area contributed by atoms with Gasteiger partial charge in [-0.15, -0.1) is 0 Å². The monoisotopic (exact) mass is 261 g/mol. The molecule has 4 nitrogen and oxygen atoms in total. The van der Waals surface area contributed by atoms with E-state index >= 15 is 0 Å². The second-order valence-electron chi connectivity index (χ2n) is 5.04. The van der Waals surface area contributed by atoms with Crippen molar-refractivity contribution < 1.29 is 4.42 Å². The van der Waals surface area contributed by atoms with Gasteiger partial charge < -0.3 is 9.73 Å². The Hall–Kier alpha value is -1.55. The van der Waals surface area contributed by atoms with Gasteiger partial charge >= 0.3 is 0 Å². The van der Waals surface area contributed by atoms with E-state index in [1.54, 1.807) is 0 Å². The maximum Gasteiger partial charge on any atom is 0.105 e. The maximum absolute atomic E-state index is 5.64. The number of aromatic nitrogens is 2. The lowest BCUT2D eigenvalue weighted by Gasteiger charge is -2.16. The second-order valence-corrected chi connectivity index (χ2v) is 5.04. The number of nitrogens with zero attached hydrogens (tertiary/aromatic N) is 2. The predicted molar refractivity (Wildman–Crippen MR) is 76.1 cm³/mol. The van der Waals surface area contributed by atoms with Crippen molar-refractivity contribution in [2.24, 2.45) is 7.05 Å². The molecule has 0 saturated heterocycles. The van der Waals surface area contributed by atoms with Gasteiger partial charge in [0.05, 0.1) is 6.20 Å². The van der Waals surface area contributed by atoms with Crippen molar-refractivity contribution in [3.63, 3.8) is 0 Å². The molecule has 19 heavy (non-hydrogen) atoms. The lowest BCUT2D eigenvalue weighted by atomic mass is 10.0. The molecule has 0 fully saturated rings. The molecule has 1 atom stereocenters. The summed E-state index contributed by atoms with van der Waals surface area (Å²) >= 11 is 0. The van der Waals surface area contributed by atoms with Gasteiger partial charge in [-0.1, -0.05) is 6.92 Å². The fourth-order valence-corrected chi connectivity index (χ4v) is 2.52. The van der Waals surface area contributed by atoms with Gasteiger partial charge in [0.25, 0.3) is 0 Å². The van der Waals surface area contributed by atoms with Crippen molar-refractivity contribution in [2.45, 2.75) is 39.7 Å². The third-order valence-corrected chi connectivity index (χ3v) is 3.39. The highest BCUT2D eigenvalue weighted by Crippen LogP contribution is 2.25. The molecule has 0 bridgehead atoms. The highest BCUT2D eigenvalue weighted by molar-refractivity contribution is 5.24. The molecular formula is C15H23N3O. The first-order valence-electron chi connectivity index (χ1n) is 6.88. The molecule has 2 aromatic rings. The number of rotatable bonds is 6. The summed E-state index contributed by atoms with van der Waals surface area (Å²) in [7, 11) is 1.95. The summed E-state index contributed by atoms with van der Waals surface area (Å²) < 4.78 is 7.49. The highest BCUT2D eigenvalue weighted by Gasteiger charge is 2.16. The van der Waals surface area contributed by atoms with Crippen molar-refractivity contribution >= 4 is 0 Å². The van der Waals surface area contributed by atoms with Crippen LogP contribution in [0.1, 0.15) is 42.0 Å². The van der Waals surface area contributed by atoms with E-state index in [1.165, 1.54) is 11.1 Å². The fraction of sp³-hybridized carbons (Fsp3) is 0.533. The Morgan fingerprint density at radius 2 is 2.21 bits per heavy atom. The van der Waals surface area contributed by atoms with Crippen LogP contribution in [0.2, 0.25) is 0 Å². The molecule has 0 aliphatic heterocycles. The van der Waals surface area contributed by atoms with Gasteiger partial charge in [0.15, 0.2) is 0 Å². The summed E-state index contributed by atoms with van der Waals surface area (Å²) in [5.41, 5.74) is 2.56. The highest BCUT2D eigenvalue weighted by atomic mass is 16.3. The number of hydrogen-bond acceptors (Lipinski definition) is 3. The Labute approximate surface area is 114 Å². The number of furan rings is 1. The van der Waals surface area contributed by atoms with Crippen LogP contribution in [0.5, 0.6) is 0 Å². The molecular weight excluding hydrogens is 238 g/mol. The van der Waals surface area contributed by atoms with Crippen molar-refractivity contribution in [1.82, 2.24) is 15.1 Å². The largest absolute Gasteiger partial charge is 0.466 e. The minimum absolute atomic E-state index is 0.350. The summed E-state index contributed by atoms with van der Waals surface area (Å²) in [5.74, 6) is 2.01. The molecule has 0 aliphatic rings.